The van der Waals surface area contributed by atoms with Gasteiger partial charge in [-0.25, -0.2) is 9.97 Å². The minimum absolute atomic E-state index is 0.831. The van der Waals surface area contributed by atoms with Crippen LogP contribution < -0.4 is 15.5 Å². The number of hydrogen-bond acceptors (Lipinski definition) is 5. The molecule has 1 aromatic rings. The Morgan fingerprint density at radius 2 is 2.00 bits per heavy atom. The molecule has 0 spiro atoms. The molecule has 0 radical (unpaired) electrons. The van der Waals surface area contributed by atoms with E-state index in [1.165, 1.54) is 25.7 Å². The molecule has 0 bridgehead atoms. The van der Waals surface area contributed by atoms with E-state index in [0.29, 0.717) is 0 Å². The van der Waals surface area contributed by atoms with Crippen molar-refractivity contribution in [1.29, 1.82) is 0 Å². The van der Waals surface area contributed by atoms with E-state index in [4.69, 9.17) is 0 Å². The zero-order valence-corrected chi connectivity index (χ0v) is 11.4. The van der Waals surface area contributed by atoms with E-state index in [1.54, 1.807) is 6.33 Å². The molecule has 0 aromatic carbocycles. The number of anilines is 2. The SMILES string of the molecule is c1nc(NCC2CCCC2)cc(N2CCNCC2)n1. The lowest BCUT2D eigenvalue weighted by molar-refractivity contribution is 0.577. The first-order chi connectivity index (χ1) is 9.42. The Labute approximate surface area is 114 Å². The highest BCUT2D eigenvalue weighted by Gasteiger charge is 2.15. The Balaban J connectivity index is 1.58. The first-order valence-corrected chi connectivity index (χ1v) is 7.43. The van der Waals surface area contributed by atoms with Gasteiger partial charge in [0.25, 0.3) is 0 Å². The van der Waals surface area contributed by atoms with Crippen molar-refractivity contribution in [3.63, 3.8) is 0 Å². The molecule has 1 aliphatic heterocycles. The van der Waals surface area contributed by atoms with E-state index in [1.807, 2.05) is 0 Å². The monoisotopic (exact) mass is 261 g/mol. The molecule has 1 saturated carbocycles. The van der Waals surface area contributed by atoms with Crippen molar-refractivity contribution in [3.8, 4) is 0 Å². The minimum atomic E-state index is 0.831. The van der Waals surface area contributed by atoms with Crippen LogP contribution in [0.1, 0.15) is 25.7 Å². The molecule has 3 rings (SSSR count). The van der Waals surface area contributed by atoms with Crippen LogP contribution in [0.15, 0.2) is 12.4 Å². The second-order valence-electron chi connectivity index (χ2n) is 5.53. The third kappa shape index (κ3) is 3.35. The van der Waals surface area contributed by atoms with E-state index in [2.05, 4.69) is 31.6 Å². The molecule has 0 amide bonds. The van der Waals surface area contributed by atoms with Gasteiger partial charge in [0.15, 0.2) is 0 Å². The molecule has 1 saturated heterocycles. The van der Waals surface area contributed by atoms with E-state index in [-0.39, 0.29) is 0 Å². The molecule has 2 fully saturated rings. The van der Waals surface area contributed by atoms with Crippen LogP contribution in [0.5, 0.6) is 0 Å². The number of piperazine rings is 1. The van der Waals surface area contributed by atoms with Crippen molar-refractivity contribution in [3.05, 3.63) is 12.4 Å². The summed E-state index contributed by atoms with van der Waals surface area (Å²) in [6, 6.07) is 2.08. The first-order valence-electron chi connectivity index (χ1n) is 7.43. The van der Waals surface area contributed by atoms with Gasteiger partial charge in [0, 0.05) is 38.8 Å². The highest BCUT2D eigenvalue weighted by atomic mass is 15.2. The highest BCUT2D eigenvalue weighted by Crippen LogP contribution is 2.25. The Morgan fingerprint density at radius 1 is 1.21 bits per heavy atom. The first kappa shape index (κ1) is 12.7. The number of aromatic nitrogens is 2. The van der Waals surface area contributed by atoms with Crippen molar-refractivity contribution >= 4 is 11.6 Å². The highest BCUT2D eigenvalue weighted by molar-refractivity contribution is 5.48. The van der Waals surface area contributed by atoms with Crippen LogP contribution >= 0.6 is 0 Å². The van der Waals surface area contributed by atoms with Crippen molar-refractivity contribution in [2.24, 2.45) is 5.92 Å². The smallest absolute Gasteiger partial charge is 0.134 e. The zero-order chi connectivity index (χ0) is 12.9. The molecule has 104 valence electrons. The van der Waals surface area contributed by atoms with Crippen LogP contribution in [0, 0.1) is 5.92 Å². The van der Waals surface area contributed by atoms with Crippen molar-refractivity contribution in [2.75, 3.05) is 42.9 Å². The molecule has 0 unspecified atom stereocenters. The topological polar surface area (TPSA) is 53.1 Å². The fourth-order valence-electron chi connectivity index (χ4n) is 2.97. The van der Waals surface area contributed by atoms with Crippen LogP contribution in [0.3, 0.4) is 0 Å². The second-order valence-corrected chi connectivity index (χ2v) is 5.53. The molecular weight excluding hydrogens is 238 g/mol. The van der Waals surface area contributed by atoms with E-state index in [9.17, 15) is 0 Å². The zero-order valence-electron chi connectivity index (χ0n) is 11.4. The van der Waals surface area contributed by atoms with Gasteiger partial charge in [-0.1, -0.05) is 12.8 Å². The van der Waals surface area contributed by atoms with Crippen molar-refractivity contribution in [2.45, 2.75) is 25.7 Å². The van der Waals surface area contributed by atoms with Gasteiger partial charge >= 0.3 is 0 Å². The summed E-state index contributed by atoms with van der Waals surface area (Å²) in [5.74, 6) is 2.85. The molecular formula is C14H23N5. The summed E-state index contributed by atoms with van der Waals surface area (Å²) >= 11 is 0. The van der Waals surface area contributed by atoms with Crippen LogP contribution in [-0.4, -0.2) is 42.7 Å². The lowest BCUT2D eigenvalue weighted by Gasteiger charge is -2.28. The van der Waals surface area contributed by atoms with Gasteiger partial charge in [-0.3, -0.25) is 0 Å². The van der Waals surface area contributed by atoms with Gasteiger partial charge in [0.2, 0.25) is 0 Å². The van der Waals surface area contributed by atoms with Crippen LogP contribution in [0.2, 0.25) is 0 Å². The normalized spacial score (nSPS) is 20.7. The summed E-state index contributed by atoms with van der Waals surface area (Å²) < 4.78 is 0. The Kier molecular flexibility index (Phi) is 4.13. The van der Waals surface area contributed by atoms with Gasteiger partial charge < -0.3 is 15.5 Å². The molecule has 1 aliphatic carbocycles. The standard InChI is InChI=1S/C14H23N5/c1-2-4-12(3-1)10-16-13-9-14(18-11-17-13)19-7-5-15-6-8-19/h9,11-12,15H,1-8,10H2,(H,16,17,18). The average Bonchev–Trinajstić information content (AvgIpc) is 3.00. The fraction of sp³-hybridized carbons (Fsp3) is 0.714. The summed E-state index contributed by atoms with van der Waals surface area (Å²) in [5, 5.41) is 6.83. The van der Waals surface area contributed by atoms with Crippen LogP contribution in [-0.2, 0) is 0 Å². The fourth-order valence-corrected chi connectivity index (χ4v) is 2.97. The molecule has 1 aromatic heterocycles. The number of nitrogens with zero attached hydrogens (tertiary/aromatic N) is 3. The summed E-state index contributed by atoms with van der Waals surface area (Å²) in [7, 11) is 0. The maximum absolute atomic E-state index is 4.39. The van der Waals surface area contributed by atoms with Gasteiger partial charge in [-0.15, -0.1) is 0 Å². The molecule has 2 N–H and O–H groups in total. The van der Waals surface area contributed by atoms with E-state index < -0.39 is 0 Å². The Morgan fingerprint density at radius 3 is 2.79 bits per heavy atom. The lowest BCUT2D eigenvalue weighted by atomic mass is 10.1. The maximum atomic E-state index is 4.39. The summed E-state index contributed by atoms with van der Waals surface area (Å²) in [5.41, 5.74) is 0. The number of hydrogen-bond donors (Lipinski definition) is 2. The third-order valence-electron chi connectivity index (χ3n) is 4.14. The quantitative estimate of drug-likeness (QED) is 0.860. The summed E-state index contributed by atoms with van der Waals surface area (Å²) in [4.78, 5) is 11.0. The van der Waals surface area contributed by atoms with E-state index >= 15 is 0 Å². The average molecular weight is 261 g/mol. The van der Waals surface area contributed by atoms with Crippen molar-refractivity contribution < 1.29 is 0 Å². The third-order valence-corrected chi connectivity index (χ3v) is 4.14. The summed E-state index contributed by atoms with van der Waals surface area (Å²) in [6.07, 6.45) is 7.18. The maximum Gasteiger partial charge on any atom is 0.134 e. The minimum Gasteiger partial charge on any atom is -0.370 e. The Hall–Kier alpha value is -1.36. The van der Waals surface area contributed by atoms with E-state index in [0.717, 1.165) is 50.3 Å². The largest absolute Gasteiger partial charge is 0.370 e. The van der Waals surface area contributed by atoms with Gasteiger partial charge in [0.1, 0.15) is 18.0 Å². The van der Waals surface area contributed by atoms with Crippen LogP contribution in [0.4, 0.5) is 11.6 Å². The summed E-state index contributed by atoms with van der Waals surface area (Å²) in [6.45, 7) is 5.18. The van der Waals surface area contributed by atoms with Gasteiger partial charge in [-0.2, -0.15) is 0 Å². The predicted octanol–water partition coefficient (Wildman–Crippen LogP) is 1.49. The molecule has 5 nitrogen and oxygen atoms in total. The molecule has 0 atom stereocenters. The van der Waals surface area contributed by atoms with Gasteiger partial charge in [-0.05, 0) is 18.8 Å². The molecule has 2 heterocycles. The number of nitrogens with one attached hydrogen (secondary N) is 2. The van der Waals surface area contributed by atoms with Crippen LogP contribution in [0.25, 0.3) is 0 Å². The molecule has 5 heteroatoms. The predicted molar refractivity (Wildman–Crippen MR) is 77.6 cm³/mol. The Bertz CT molecular complexity index is 397. The van der Waals surface area contributed by atoms with Crippen molar-refractivity contribution in [1.82, 2.24) is 15.3 Å². The lowest BCUT2D eigenvalue weighted by Crippen LogP contribution is -2.43. The second kappa shape index (κ2) is 6.19. The molecule has 2 aliphatic rings. The molecule has 19 heavy (non-hydrogen) atoms. The van der Waals surface area contributed by atoms with Gasteiger partial charge in [0.05, 0.1) is 0 Å². The number of rotatable bonds is 4.